The first-order chi connectivity index (χ1) is 6.09. The minimum Gasteiger partial charge on any atom is -0.393 e. The second-order valence-corrected chi connectivity index (χ2v) is 5.01. The van der Waals surface area contributed by atoms with Gasteiger partial charge in [-0.25, -0.2) is 0 Å². The fourth-order valence-corrected chi connectivity index (χ4v) is 2.55. The fourth-order valence-electron chi connectivity index (χ4n) is 0.933. The van der Waals surface area contributed by atoms with Gasteiger partial charge in [-0.05, 0) is 47.5 Å². The van der Waals surface area contributed by atoms with Crippen LogP contribution in [0.15, 0.2) is 27.6 Å². The van der Waals surface area contributed by atoms with E-state index < -0.39 is 0 Å². The van der Waals surface area contributed by atoms with Crippen LogP contribution in [0.2, 0.25) is 0 Å². The molecule has 1 atom stereocenters. The summed E-state index contributed by atoms with van der Waals surface area (Å²) in [6, 6.07) is 6.24. The minimum atomic E-state index is -0.252. The van der Waals surface area contributed by atoms with Gasteiger partial charge in [0.25, 0.3) is 0 Å². The molecule has 0 amide bonds. The van der Waals surface area contributed by atoms with Gasteiger partial charge >= 0.3 is 0 Å². The van der Waals surface area contributed by atoms with Crippen LogP contribution in [0.5, 0.6) is 0 Å². The van der Waals surface area contributed by atoms with Crippen LogP contribution >= 0.6 is 27.7 Å². The highest BCUT2D eigenvalue weighted by atomic mass is 79.9. The van der Waals surface area contributed by atoms with Crippen molar-refractivity contribution in [2.24, 2.45) is 0 Å². The van der Waals surface area contributed by atoms with E-state index in [0.29, 0.717) is 0 Å². The molecule has 1 aromatic carbocycles. The summed E-state index contributed by atoms with van der Waals surface area (Å²) in [5.41, 5.74) is 1.24. The van der Waals surface area contributed by atoms with Gasteiger partial charge in [0.1, 0.15) is 0 Å². The second-order valence-electron chi connectivity index (χ2n) is 3.09. The first-order valence-corrected chi connectivity index (χ1v) is 5.94. The molecule has 0 saturated heterocycles. The van der Waals surface area contributed by atoms with E-state index in [0.717, 1.165) is 10.2 Å². The van der Waals surface area contributed by atoms with E-state index in [9.17, 15) is 0 Å². The first-order valence-electron chi connectivity index (χ1n) is 4.16. The summed E-state index contributed by atoms with van der Waals surface area (Å²) in [5.74, 6) is 0.738. The average molecular weight is 261 g/mol. The molecule has 0 bridgehead atoms. The molecule has 1 unspecified atom stereocenters. The Labute approximate surface area is 91.7 Å². The lowest BCUT2D eigenvalue weighted by Crippen LogP contribution is -2.02. The van der Waals surface area contributed by atoms with Crippen molar-refractivity contribution in [3.63, 3.8) is 0 Å². The maximum absolute atomic E-state index is 9.12. The number of aliphatic hydroxyl groups is 1. The van der Waals surface area contributed by atoms with Crippen LogP contribution in [0.3, 0.4) is 0 Å². The standard InChI is InChI=1S/C10H13BrOS/c1-7-3-4-10(9(11)5-7)13-6-8(2)12/h3-5,8,12H,6H2,1-2H3. The van der Waals surface area contributed by atoms with E-state index in [1.165, 1.54) is 10.5 Å². The summed E-state index contributed by atoms with van der Waals surface area (Å²) >= 11 is 5.16. The molecular weight excluding hydrogens is 248 g/mol. The molecule has 72 valence electrons. The van der Waals surface area contributed by atoms with Crippen molar-refractivity contribution >= 4 is 27.7 Å². The van der Waals surface area contributed by atoms with Crippen molar-refractivity contribution in [2.75, 3.05) is 5.75 Å². The van der Waals surface area contributed by atoms with Crippen molar-refractivity contribution < 1.29 is 5.11 Å². The zero-order valence-electron chi connectivity index (χ0n) is 7.75. The Kier molecular flexibility index (Phi) is 4.29. The van der Waals surface area contributed by atoms with Crippen molar-refractivity contribution in [3.05, 3.63) is 28.2 Å². The number of thioether (sulfide) groups is 1. The molecule has 1 N–H and O–H groups in total. The SMILES string of the molecule is Cc1ccc(SCC(C)O)c(Br)c1. The third kappa shape index (κ3) is 3.71. The van der Waals surface area contributed by atoms with Crippen molar-refractivity contribution in [1.29, 1.82) is 0 Å². The van der Waals surface area contributed by atoms with Gasteiger partial charge in [0.15, 0.2) is 0 Å². The zero-order chi connectivity index (χ0) is 9.84. The smallest absolute Gasteiger partial charge is 0.0606 e. The second kappa shape index (κ2) is 5.03. The van der Waals surface area contributed by atoms with Gasteiger partial charge in [-0.2, -0.15) is 0 Å². The lowest BCUT2D eigenvalue weighted by atomic mass is 10.2. The van der Waals surface area contributed by atoms with E-state index in [4.69, 9.17) is 5.11 Å². The van der Waals surface area contributed by atoms with Crippen LogP contribution in [0.4, 0.5) is 0 Å². The Morgan fingerprint density at radius 2 is 2.23 bits per heavy atom. The Balaban J connectivity index is 2.67. The molecule has 0 saturated carbocycles. The van der Waals surface area contributed by atoms with E-state index in [2.05, 4.69) is 41.1 Å². The number of hydrogen-bond donors (Lipinski definition) is 1. The maximum atomic E-state index is 9.12. The maximum Gasteiger partial charge on any atom is 0.0606 e. The number of aryl methyl sites for hydroxylation is 1. The van der Waals surface area contributed by atoms with Gasteiger partial charge in [0, 0.05) is 15.1 Å². The quantitative estimate of drug-likeness (QED) is 0.843. The topological polar surface area (TPSA) is 20.2 Å². The molecule has 3 heteroatoms. The van der Waals surface area contributed by atoms with Gasteiger partial charge in [0.2, 0.25) is 0 Å². The van der Waals surface area contributed by atoms with Crippen molar-refractivity contribution in [3.8, 4) is 0 Å². The molecular formula is C10H13BrOS. The van der Waals surface area contributed by atoms with Crippen molar-refractivity contribution in [1.82, 2.24) is 0 Å². The van der Waals surface area contributed by atoms with Gasteiger partial charge < -0.3 is 5.11 Å². The summed E-state index contributed by atoms with van der Waals surface area (Å²) in [6.07, 6.45) is -0.252. The van der Waals surface area contributed by atoms with Crippen LogP contribution in [-0.2, 0) is 0 Å². The third-order valence-corrected chi connectivity index (χ3v) is 3.80. The summed E-state index contributed by atoms with van der Waals surface area (Å²) in [4.78, 5) is 1.19. The van der Waals surface area contributed by atoms with Crippen LogP contribution in [0.25, 0.3) is 0 Å². The molecule has 13 heavy (non-hydrogen) atoms. The Morgan fingerprint density at radius 1 is 1.54 bits per heavy atom. The molecule has 1 nitrogen and oxygen atoms in total. The average Bonchev–Trinajstić information content (AvgIpc) is 2.02. The molecule has 0 heterocycles. The third-order valence-electron chi connectivity index (χ3n) is 1.57. The number of rotatable bonds is 3. The van der Waals surface area contributed by atoms with Crippen LogP contribution < -0.4 is 0 Å². The lowest BCUT2D eigenvalue weighted by Gasteiger charge is -2.06. The summed E-state index contributed by atoms with van der Waals surface area (Å²) in [7, 11) is 0. The van der Waals surface area contributed by atoms with Crippen LogP contribution in [-0.4, -0.2) is 17.0 Å². The van der Waals surface area contributed by atoms with E-state index in [1.807, 2.05) is 0 Å². The molecule has 0 fully saturated rings. The summed E-state index contributed by atoms with van der Waals surface area (Å²) in [5, 5.41) is 9.12. The highest BCUT2D eigenvalue weighted by Crippen LogP contribution is 2.28. The highest BCUT2D eigenvalue weighted by Gasteiger charge is 2.02. The van der Waals surface area contributed by atoms with Crippen molar-refractivity contribution in [2.45, 2.75) is 24.8 Å². The van der Waals surface area contributed by atoms with E-state index in [1.54, 1.807) is 18.7 Å². The number of aliphatic hydroxyl groups excluding tert-OH is 1. The Bertz CT molecular complexity index is 286. The monoisotopic (exact) mass is 260 g/mol. The minimum absolute atomic E-state index is 0.252. The number of benzene rings is 1. The Morgan fingerprint density at radius 3 is 2.77 bits per heavy atom. The molecule has 0 aliphatic carbocycles. The fraction of sp³-hybridized carbons (Fsp3) is 0.400. The molecule has 0 aromatic heterocycles. The largest absolute Gasteiger partial charge is 0.393 e. The lowest BCUT2D eigenvalue weighted by molar-refractivity contribution is 0.220. The molecule has 1 rings (SSSR count). The van der Waals surface area contributed by atoms with Gasteiger partial charge in [-0.3, -0.25) is 0 Å². The number of hydrogen-bond acceptors (Lipinski definition) is 2. The highest BCUT2D eigenvalue weighted by molar-refractivity contribution is 9.10. The predicted molar refractivity (Wildman–Crippen MR) is 61.3 cm³/mol. The van der Waals surface area contributed by atoms with E-state index in [-0.39, 0.29) is 6.10 Å². The predicted octanol–water partition coefficient (Wildman–Crippen LogP) is 3.23. The van der Waals surface area contributed by atoms with Gasteiger partial charge in [0.05, 0.1) is 6.10 Å². The summed E-state index contributed by atoms with van der Waals surface area (Å²) < 4.78 is 1.11. The normalized spacial score (nSPS) is 12.9. The summed E-state index contributed by atoms with van der Waals surface area (Å²) in [6.45, 7) is 3.86. The van der Waals surface area contributed by atoms with Gasteiger partial charge in [-0.15, -0.1) is 11.8 Å². The molecule has 0 aliphatic rings. The van der Waals surface area contributed by atoms with Crippen LogP contribution in [0, 0.1) is 6.92 Å². The molecule has 0 aliphatic heterocycles. The van der Waals surface area contributed by atoms with Gasteiger partial charge in [-0.1, -0.05) is 6.07 Å². The van der Waals surface area contributed by atoms with E-state index >= 15 is 0 Å². The molecule has 0 radical (unpaired) electrons. The Hall–Kier alpha value is 0.01000. The number of halogens is 1. The molecule has 1 aromatic rings. The van der Waals surface area contributed by atoms with Crippen LogP contribution in [0.1, 0.15) is 12.5 Å². The first kappa shape index (κ1) is 11.1. The molecule has 0 spiro atoms. The zero-order valence-corrected chi connectivity index (χ0v) is 10.2.